The van der Waals surface area contributed by atoms with Gasteiger partial charge in [0.2, 0.25) is 0 Å². The first-order valence-corrected chi connectivity index (χ1v) is 18.5. The van der Waals surface area contributed by atoms with Gasteiger partial charge in [-0.15, -0.1) is 0 Å². The van der Waals surface area contributed by atoms with Crippen molar-refractivity contribution in [3.63, 3.8) is 0 Å². The minimum absolute atomic E-state index is 0.169. The lowest BCUT2D eigenvalue weighted by Crippen LogP contribution is -2.28. The topological polar surface area (TPSA) is 46.8 Å². The van der Waals surface area contributed by atoms with E-state index in [1.165, 1.54) is 32.8 Å². The van der Waals surface area contributed by atoms with Crippen LogP contribution in [0.5, 0.6) is 0 Å². The van der Waals surface area contributed by atoms with Crippen LogP contribution in [0.3, 0.4) is 0 Å². The van der Waals surface area contributed by atoms with Crippen LogP contribution in [0.1, 0.15) is 11.5 Å². The van der Waals surface area contributed by atoms with Crippen LogP contribution in [0.15, 0.2) is 188 Å². The predicted molar refractivity (Wildman–Crippen MR) is 221 cm³/mol. The lowest BCUT2D eigenvalue weighted by atomic mass is 9.88. The van der Waals surface area contributed by atoms with Crippen molar-refractivity contribution in [1.29, 1.82) is 0 Å². The highest BCUT2D eigenvalue weighted by Gasteiger charge is 2.38. The van der Waals surface area contributed by atoms with Crippen LogP contribution in [-0.2, 0) is 0 Å². The molecule has 1 aliphatic heterocycles. The Kier molecular flexibility index (Phi) is 6.92. The molecule has 0 spiro atoms. The largest absolute Gasteiger partial charge is 0.333 e. The van der Waals surface area contributed by atoms with Gasteiger partial charge in [0.15, 0.2) is 17.5 Å². The van der Waals surface area contributed by atoms with Crippen molar-refractivity contribution in [1.82, 2.24) is 19.5 Å². The maximum absolute atomic E-state index is 5.22. The van der Waals surface area contributed by atoms with Gasteiger partial charge >= 0.3 is 0 Å². The van der Waals surface area contributed by atoms with E-state index in [0.29, 0.717) is 17.5 Å². The van der Waals surface area contributed by atoms with Gasteiger partial charge in [-0.05, 0) is 58.8 Å². The summed E-state index contributed by atoms with van der Waals surface area (Å²) in [6, 6.07) is 58.0. The normalized spacial score (nSPS) is 16.0. The molecule has 0 saturated carbocycles. The number of nitrogens with zero attached hydrogens (tertiary/aromatic N) is 5. The molecule has 2 atom stereocenters. The van der Waals surface area contributed by atoms with Crippen LogP contribution in [-0.4, -0.2) is 25.6 Å². The average Bonchev–Trinajstić information content (AvgIpc) is 3.77. The van der Waals surface area contributed by atoms with E-state index in [2.05, 4.69) is 179 Å². The predicted octanol–water partition coefficient (Wildman–Crippen LogP) is 11.9. The minimum atomic E-state index is 0.169. The molecule has 3 heterocycles. The molecule has 0 saturated heterocycles. The summed E-state index contributed by atoms with van der Waals surface area (Å²) in [5, 5.41) is 4.97. The molecular weight excluding hydrogens is 659 g/mol. The maximum atomic E-state index is 5.22. The lowest BCUT2D eigenvalue weighted by molar-refractivity contribution is 0.747. The molecule has 2 aromatic heterocycles. The Labute approximate surface area is 312 Å². The number of aromatic nitrogens is 4. The molecule has 2 aliphatic rings. The first-order valence-electron chi connectivity index (χ1n) is 18.5. The fraction of sp³-hybridized carbons (Fsp3) is 0.0408. The van der Waals surface area contributed by atoms with Crippen molar-refractivity contribution in [3.8, 4) is 39.9 Å². The molecule has 0 N–H and O–H groups in total. The summed E-state index contributed by atoms with van der Waals surface area (Å²) in [6.07, 6.45) is 9.02. The summed E-state index contributed by atoms with van der Waals surface area (Å²) in [5.41, 5.74) is 9.91. The Hall–Kier alpha value is -7.11. The summed E-state index contributed by atoms with van der Waals surface area (Å²) in [7, 11) is 0. The zero-order valence-electron chi connectivity index (χ0n) is 29.3. The molecule has 0 amide bonds. The van der Waals surface area contributed by atoms with E-state index in [1.807, 2.05) is 18.2 Å². The number of fused-ring (bicyclic) bond motifs is 8. The van der Waals surface area contributed by atoms with Gasteiger partial charge in [0.05, 0.1) is 17.1 Å². The molecule has 5 nitrogen and oxygen atoms in total. The first kappa shape index (κ1) is 30.5. The summed E-state index contributed by atoms with van der Waals surface area (Å²) in [4.78, 5) is 17.9. The SMILES string of the molecule is C1=CC2c3c(ccc4ccccc34)N(c3cccc(-c4nc(-c5ccccc5)nc(-c5ccc6c7ccccc7n(-c7ccccc7)c6c5)n4)c3)C2C=C1. The number of anilines is 2. The fourth-order valence-corrected chi connectivity index (χ4v) is 8.54. The second kappa shape index (κ2) is 12.2. The van der Waals surface area contributed by atoms with Gasteiger partial charge in [0, 0.05) is 50.4 Å². The Morgan fingerprint density at radius 3 is 1.89 bits per heavy atom. The van der Waals surface area contributed by atoms with E-state index in [0.717, 1.165) is 39.1 Å². The van der Waals surface area contributed by atoms with Crippen LogP contribution in [0.25, 0.3) is 72.4 Å². The molecule has 11 rings (SSSR count). The number of para-hydroxylation sites is 2. The quantitative estimate of drug-likeness (QED) is 0.180. The van der Waals surface area contributed by atoms with E-state index in [-0.39, 0.29) is 12.0 Å². The third kappa shape index (κ3) is 4.82. The van der Waals surface area contributed by atoms with Crippen molar-refractivity contribution in [2.45, 2.75) is 12.0 Å². The molecule has 0 bridgehead atoms. The highest BCUT2D eigenvalue weighted by Crippen LogP contribution is 2.50. The Morgan fingerprint density at radius 2 is 1.06 bits per heavy atom. The van der Waals surface area contributed by atoms with Crippen LogP contribution in [0, 0.1) is 0 Å². The van der Waals surface area contributed by atoms with Crippen molar-refractivity contribution in [2.24, 2.45) is 0 Å². The van der Waals surface area contributed by atoms with Gasteiger partial charge in [-0.1, -0.05) is 146 Å². The van der Waals surface area contributed by atoms with Crippen LogP contribution < -0.4 is 4.90 Å². The molecule has 0 radical (unpaired) electrons. The van der Waals surface area contributed by atoms with E-state index in [1.54, 1.807) is 0 Å². The van der Waals surface area contributed by atoms with E-state index >= 15 is 0 Å². The highest BCUT2D eigenvalue weighted by molar-refractivity contribution is 6.10. The summed E-state index contributed by atoms with van der Waals surface area (Å²) < 4.78 is 2.33. The average molecular weight is 692 g/mol. The number of benzene rings is 7. The molecule has 54 heavy (non-hydrogen) atoms. The van der Waals surface area contributed by atoms with Crippen molar-refractivity contribution >= 4 is 44.0 Å². The Balaban J connectivity index is 1.08. The van der Waals surface area contributed by atoms with Crippen molar-refractivity contribution in [2.75, 3.05) is 4.90 Å². The standard InChI is InChI=1S/C49H33N5/c1-3-15-33(16-4-1)47-50-48(52-49(51-47)35-26-28-40-39-22-9-11-24-42(39)53(45(40)31-35)36-18-5-2-6-19-36)34-17-13-20-37(30-34)54-43-25-12-10-23-41(43)46-38-21-8-7-14-32(38)27-29-44(46)54/h1-31,41,43H. The molecule has 5 heteroatoms. The number of allylic oxidation sites excluding steroid dienone is 2. The van der Waals surface area contributed by atoms with Crippen LogP contribution >= 0.6 is 0 Å². The molecule has 254 valence electrons. The highest BCUT2D eigenvalue weighted by atomic mass is 15.2. The first-order chi connectivity index (χ1) is 26.8. The molecular formula is C49H33N5. The maximum Gasteiger partial charge on any atom is 0.164 e. The second-order valence-corrected chi connectivity index (χ2v) is 14.0. The molecule has 1 aliphatic carbocycles. The second-order valence-electron chi connectivity index (χ2n) is 14.0. The van der Waals surface area contributed by atoms with Crippen LogP contribution in [0.2, 0.25) is 0 Å². The van der Waals surface area contributed by atoms with E-state index in [9.17, 15) is 0 Å². The Morgan fingerprint density at radius 1 is 0.426 bits per heavy atom. The third-order valence-corrected chi connectivity index (χ3v) is 10.9. The van der Waals surface area contributed by atoms with Crippen molar-refractivity contribution < 1.29 is 0 Å². The van der Waals surface area contributed by atoms with E-state index in [4.69, 9.17) is 15.0 Å². The number of rotatable bonds is 5. The number of hydrogen-bond acceptors (Lipinski definition) is 4. The zero-order chi connectivity index (χ0) is 35.6. The molecule has 7 aromatic carbocycles. The Bertz CT molecular complexity index is 2960. The van der Waals surface area contributed by atoms with Gasteiger partial charge in [-0.2, -0.15) is 0 Å². The van der Waals surface area contributed by atoms with Crippen molar-refractivity contribution in [3.05, 3.63) is 194 Å². The summed E-state index contributed by atoms with van der Waals surface area (Å²) >= 11 is 0. The van der Waals surface area contributed by atoms with Gasteiger partial charge in [0.25, 0.3) is 0 Å². The molecule has 2 unspecified atom stereocenters. The fourth-order valence-electron chi connectivity index (χ4n) is 8.54. The van der Waals surface area contributed by atoms with Crippen LogP contribution in [0.4, 0.5) is 11.4 Å². The lowest BCUT2D eigenvalue weighted by Gasteiger charge is -2.29. The van der Waals surface area contributed by atoms with Gasteiger partial charge in [-0.25, -0.2) is 15.0 Å². The monoisotopic (exact) mass is 691 g/mol. The van der Waals surface area contributed by atoms with E-state index < -0.39 is 0 Å². The smallest absolute Gasteiger partial charge is 0.164 e. The zero-order valence-corrected chi connectivity index (χ0v) is 29.3. The summed E-state index contributed by atoms with van der Waals surface area (Å²) in [5.74, 6) is 2.17. The van der Waals surface area contributed by atoms with Gasteiger partial charge in [-0.3, -0.25) is 0 Å². The third-order valence-electron chi connectivity index (χ3n) is 10.9. The van der Waals surface area contributed by atoms with Gasteiger partial charge in [0.1, 0.15) is 0 Å². The van der Waals surface area contributed by atoms with Gasteiger partial charge < -0.3 is 9.47 Å². The molecule has 0 fully saturated rings. The summed E-state index contributed by atoms with van der Waals surface area (Å²) in [6.45, 7) is 0. The number of hydrogen-bond donors (Lipinski definition) is 0. The minimum Gasteiger partial charge on any atom is -0.333 e. The molecule has 9 aromatic rings.